The second kappa shape index (κ2) is 11.7. The monoisotopic (exact) mass is 480 g/mol. The van der Waals surface area contributed by atoms with Crippen LogP contribution < -0.4 is 4.74 Å². The normalized spacial score (nSPS) is 15.1. The number of aryl methyl sites for hydroxylation is 1. The van der Waals surface area contributed by atoms with Crippen LogP contribution >= 0.6 is 23.2 Å². The molecule has 5 heteroatoms. The Morgan fingerprint density at radius 2 is 1.70 bits per heavy atom. The highest BCUT2D eigenvalue weighted by molar-refractivity contribution is 6.36. The first kappa shape index (κ1) is 23.8. The summed E-state index contributed by atoms with van der Waals surface area (Å²) in [5.74, 6) is 1.30. The third kappa shape index (κ3) is 6.16. The van der Waals surface area contributed by atoms with Crippen LogP contribution in [-0.2, 0) is 12.8 Å². The summed E-state index contributed by atoms with van der Waals surface area (Å²) in [6.45, 7) is 0.792. The van der Waals surface area contributed by atoms with Gasteiger partial charge < -0.3 is 4.74 Å². The van der Waals surface area contributed by atoms with E-state index < -0.39 is 0 Å². The number of aromatic nitrogens is 1. The van der Waals surface area contributed by atoms with Gasteiger partial charge in [0.25, 0.3) is 0 Å². The van der Waals surface area contributed by atoms with Crippen molar-refractivity contribution in [3.8, 4) is 5.75 Å². The standard InChI is InChI=1S/C28H30Cl2N2O/c1-33-22-13-14-23-24(15-22)21(12-8-3-2-5-9-20-10-6-4-7-11-20)17-32-28(23)16-25-26(29)18-31-19-27(25)30/h4,6-7,10-11,13-15,18-19,21H,2-3,5,8-9,12,16-17H2,1H3. The van der Waals surface area contributed by atoms with E-state index in [9.17, 15) is 0 Å². The molecule has 0 saturated heterocycles. The molecule has 0 radical (unpaired) electrons. The third-order valence-electron chi connectivity index (χ3n) is 6.42. The van der Waals surface area contributed by atoms with E-state index in [0.29, 0.717) is 22.4 Å². The number of pyridine rings is 1. The number of aliphatic imine (C=N–C) groups is 1. The van der Waals surface area contributed by atoms with Crippen LogP contribution in [0, 0.1) is 0 Å². The molecule has 1 aliphatic heterocycles. The summed E-state index contributed by atoms with van der Waals surface area (Å²) in [5, 5.41) is 1.16. The average molecular weight is 481 g/mol. The van der Waals surface area contributed by atoms with Gasteiger partial charge in [-0.15, -0.1) is 0 Å². The maximum atomic E-state index is 6.38. The number of rotatable bonds is 10. The summed E-state index contributed by atoms with van der Waals surface area (Å²) in [6.07, 6.45) is 11.2. The first-order valence-electron chi connectivity index (χ1n) is 11.7. The van der Waals surface area contributed by atoms with Gasteiger partial charge in [-0.05, 0) is 59.7 Å². The molecule has 172 valence electrons. The van der Waals surface area contributed by atoms with Gasteiger partial charge in [-0.3, -0.25) is 9.98 Å². The Hall–Kier alpha value is -2.36. The molecule has 0 amide bonds. The molecule has 0 bridgehead atoms. The quantitative estimate of drug-likeness (QED) is 0.278. The van der Waals surface area contributed by atoms with Crippen LogP contribution in [0.4, 0.5) is 0 Å². The number of unbranched alkanes of at least 4 members (excludes halogenated alkanes) is 3. The Kier molecular flexibility index (Phi) is 8.41. The van der Waals surface area contributed by atoms with E-state index in [1.807, 2.05) is 6.07 Å². The zero-order valence-electron chi connectivity index (χ0n) is 19.1. The Balaban J connectivity index is 1.39. The number of hydrogen-bond acceptors (Lipinski definition) is 3. The van der Waals surface area contributed by atoms with Crippen LogP contribution in [0.15, 0.2) is 65.9 Å². The van der Waals surface area contributed by atoms with Crippen molar-refractivity contribution >= 4 is 28.9 Å². The van der Waals surface area contributed by atoms with Crippen LogP contribution in [0.2, 0.25) is 10.0 Å². The van der Waals surface area contributed by atoms with E-state index in [4.69, 9.17) is 32.9 Å². The van der Waals surface area contributed by atoms with Crippen LogP contribution in [0.25, 0.3) is 0 Å². The number of benzene rings is 2. The zero-order chi connectivity index (χ0) is 23.0. The Morgan fingerprint density at radius 1 is 0.939 bits per heavy atom. The van der Waals surface area contributed by atoms with Gasteiger partial charge in [0.05, 0.1) is 17.2 Å². The summed E-state index contributed by atoms with van der Waals surface area (Å²) >= 11 is 12.8. The van der Waals surface area contributed by atoms with Crippen molar-refractivity contribution in [2.75, 3.05) is 13.7 Å². The second-order valence-corrected chi connectivity index (χ2v) is 9.45. The fraction of sp³-hybridized carbons (Fsp3) is 0.357. The van der Waals surface area contributed by atoms with Crippen molar-refractivity contribution in [1.29, 1.82) is 0 Å². The molecule has 0 N–H and O–H groups in total. The SMILES string of the molecule is COc1ccc2c(c1)C(CCCCCCc1ccccc1)CN=C2Cc1c(Cl)cncc1Cl. The number of ether oxygens (including phenoxy) is 1. The number of halogens is 2. The van der Waals surface area contributed by atoms with Gasteiger partial charge in [-0.25, -0.2) is 0 Å². The molecule has 3 nitrogen and oxygen atoms in total. The average Bonchev–Trinajstić information content (AvgIpc) is 2.84. The topological polar surface area (TPSA) is 34.5 Å². The fourth-order valence-corrected chi connectivity index (χ4v) is 5.06. The summed E-state index contributed by atoms with van der Waals surface area (Å²) in [7, 11) is 1.72. The first-order valence-corrected chi connectivity index (χ1v) is 12.4. The predicted molar refractivity (Wildman–Crippen MR) is 138 cm³/mol. The molecule has 1 aliphatic rings. The van der Waals surface area contributed by atoms with Crippen molar-refractivity contribution in [2.45, 2.75) is 50.9 Å². The van der Waals surface area contributed by atoms with E-state index in [1.54, 1.807) is 19.5 Å². The van der Waals surface area contributed by atoms with Gasteiger partial charge in [0.15, 0.2) is 0 Å². The lowest BCUT2D eigenvalue weighted by molar-refractivity contribution is 0.413. The van der Waals surface area contributed by atoms with Crippen molar-refractivity contribution in [1.82, 2.24) is 4.98 Å². The maximum absolute atomic E-state index is 6.38. The zero-order valence-corrected chi connectivity index (χ0v) is 20.6. The molecule has 1 atom stereocenters. The molecule has 2 aromatic carbocycles. The highest BCUT2D eigenvalue weighted by Crippen LogP contribution is 2.35. The van der Waals surface area contributed by atoms with Crippen LogP contribution in [0.3, 0.4) is 0 Å². The van der Waals surface area contributed by atoms with E-state index in [1.165, 1.54) is 42.4 Å². The minimum absolute atomic E-state index is 0.413. The Morgan fingerprint density at radius 3 is 2.45 bits per heavy atom. The largest absolute Gasteiger partial charge is 0.497 e. The number of fused-ring (bicyclic) bond motifs is 1. The summed E-state index contributed by atoms with van der Waals surface area (Å²) in [6, 6.07) is 17.1. The molecular formula is C28H30Cl2N2O. The molecule has 0 fully saturated rings. The molecule has 4 rings (SSSR count). The van der Waals surface area contributed by atoms with Crippen LogP contribution in [0.5, 0.6) is 5.75 Å². The highest BCUT2D eigenvalue weighted by Gasteiger charge is 2.24. The van der Waals surface area contributed by atoms with E-state index in [2.05, 4.69) is 47.4 Å². The van der Waals surface area contributed by atoms with Gasteiger partial charge in [0.1, 0.15) is 5.75 Å². The molecule has 1 aromatic heterocycles. The Labute approximate surface area is 206 Å². The third-order valence-corrected chi connectivity index (χ3v) is 7.07. The predicted octanol–water partition coefficient (Wildman–Crippen LogP) is 7.72. The molecule has 3 aromatic rings. The molecule has 2 heterocycles. The molecule has 1 unspecified atom stereocenters. The van der Waals surface area contributed by atoms with Crippen LogP contribution in [-0.4, -0.2) is 24.4 Å². The number of hydrogen-bond donors (Lipinski definition) is 0. The second-order valence-electron chi connectivity index (χ2n) is 8.63. The van der Waals surface area contributed by atoms with E-state index in [0.717, 1.165) is 36.4 Å². The lowest BCUT2D eigenvalue weighted by Crippen LogP contribution is -2.20. The smallest absolute Gasteiger partial charge is 0.119 e. The van der Waals surface area contributed by atoms with Crippen molar-refractivity contribution < 1.29 is 4.74 Å². The van der Waals surface area contributed by atoms with Gasteiger partial charge in [0.2, 0.25) is 0 Å². The minimum Gasteiger partial charge on any atom is -0.497 e. The molecular weight excluding hydrogens is 451 g/mol. The number of nitrogens with zero attached hydrogens (tertiary/aromatic N) is 2. The van der Waals surface area contributed by atoms with Crippen molar-refractivity contribution in [2.24, 2.45) is 4.99 Å². The number of methoxy groups -OCH3 is 1. The summed E-state index contributed by atoms with van der Waals surface area (Å²) in [4.78, 5) is 9.05. The van der Waals surface area contributed by atoms with E-state index in [-0.39, 0.29) is 0 Å². The van der Waals surface area contributed by atoms with Gasteiger partial charge in [0, 0.05) is 37.0 Å². The highest BCUT2D eigenvalue weighted by atomic mass is 35.5. The molecule has 0 saturated carbocycles. The summed E-state index contributed by atoms with van der Waals surface area (Å²) in [5.41, 5.74) is 5.85. The first-order chi connectivity index (χ1) is 16.2. The van der Waals surface area contributed by atoms with Crippen molar-refractivity contribution in [3.63, 3.8) is 0 Å². The lowest BCUT2D eigenvalue weighted by Gasteiger charge is -2.26. The van der Waals surface area contributed by atoms with Gasteiger partial charge in [-0.1, -0.05) is 72.8 Å². The fourth-order valence-electron chi connectivity index (χ4n) is 4.56. The van der Waals surface area contributed by atoms with E-state index >= 15 is 0 Å². The van der Waals surface area contributed by atoms with Crippen LogP contribution in [0.1, 0.15) is 60.3 Å². The van der Waals surface area contributed by atoms with Gasteiger partial charge >= 0.3 is 0 Å². The minimum atomic E-state index is 0.413. The van der Waals surface area contributed by atoms with Gasteiger partial charge in [-0.2, -0.15) is 0 Å². The Bertz CT molecular complexity index is 1080. The summed E-state index contributed by atoms with van der Waals surface area (Å²) < 4.78 is 5.53. The lowest BCUT2D eigenvalue weighted by atomic mass is 9.84. The molecule has 0 spiro atoms. The molecule has 0 aliphatic carbocycles. The van der Waals surface area contributed by atoms with Crippen molar-refractivity contribution in [3.05, 3.63) is 93.2 Å². The molecule has 33 heavy (non-hydrogen) atoms. The maximum Gasteiger partial charge on any atom is 0.119 e.